The van der Waals surface area contributed by atoms with Crippen LogP contribution in [-0.4, -0.2) is 71.8 Å². The van der Waals surface area contributed by atoms with Crippen LogP contribution < -0.4 is 20.1 Å². The maximum Gasteiger partial charge on any atom is 0.257 e. The average molecular weight is 605 g/mol. The maximum absolute atomic E-state index is 13.6. The van der Waals surface area contributed by atoms with Crippen LogP contribution in [0.2, 0.25) is 10.0 Å². The molecule has 1 aromatic rings. The molecule has 1 amide bonds. The maximum atomic E-state index is 13.6. The van der Waals surface area contributed by atoms with E-state index in [9.17, 15) is 4.79 Å². The van der Waals surface area contributed by atoms with Gasteiger partial charge in [-0.25, -0.2) is 0 Å². The minimum absolute atomic E-state index is 0.131. The number of aliphatic imine (C=N–C) groups is 2. The van der Waals surface area contributed by atoms with E-state index in [0.29, 0.717) is 40.1 Å². The van der Waals surface area contributed by atoms with Crippen molar-refractivity contribution in [3.63, 3.8) is 0 Å². The van der Waals surface area contributed by atoms with Crippen LogP contribution in [0.15, 0.2) is 37.4 Å². The number of allylic oxidation sites excluding steroid dienone is 1. The molecule has 0 aliphatic heterocycles. The van der Waals surface area contributed by atoms with Gasteiger partial charge in [0.15, 0.2) is 11.5 Å². The van der Waals surface area contributed by atoms with Crippen LogP contribution in [0.25, 0.3) is 0 Å². The molecule has 0 saturated heterocycles. The Morgan fingerprint density at radius 1 is 1.19 bits per heavy atom. The lowest BCUT2D eigenvalue weighted by Gasteiger charge is -2.19. The van der Waals surface area contributed by atoms with Gasteiger partial charge in [0, 0.05) is 25.7 Å². The Morgan fingerprint density at radius 2 is 1.78 bits per heavy atom. The summed E-state index contributed by atoms with van der Waals surface area (Å²) in [5, 5.41) is 6.39. The number of carbonyl (C=O) groups is 1. The van der Waals surface area contributed by atoms with Gasteiger partial charge >= 0.3 is 0 Å². The molecule has 0 unspecified atom stereocenters. The second kappa shape index (κ2) is 15.9. The molecule has 0 fully saturated rings. The van der Waals surface area contributed by atoms with Gasteiger partial charge in [-0.2, -0.15) is 0 Å². The van der Waals surface area contributed by atoms with E-state index in [4.69, 9.17) is 32.7 Å². The number of carbonyl (C=O) groups excluding carboxylic acids is 1. The first kappa shape index (κ1) is 32.0. The minimum atomic E-state index is -0.452. The number of unbranched alkanes of at least 4 members (excludes halogenated alkanes) is 2. The fourth-order valence-corrected chi connectivity index (χ4v) is 4.93. The summed E-state index contributed by atoms with van der Waals surface area (Å²) >= 11 is 16.5. The highest BCUT2D eigenvalue weighted by molar-refractivity contribution is 9.10. The monoisotopic (exact) mass is 603 g/mol. The lowest BCUT2D eigenvalue weighted by Crippen LogP contribution is -2.32. The number of amides is 1. The number of rotatable bonds is 13. The van der Waals surface area contributed by atoms with Crippen molar-refractivity contribution in [2.24, 2.45) is 9.98 Å². The van der Waals surface area contributed by atoms with Crippen molar-refractivity contribution in [3.8, 4) is 11.5 Å². The molecule has 11 heteroatoms. The van der Waals surface area contributed by atoms with Gasteiger partial charge in [-0.1, -0.05) is 49.0 Å². The van der Waals surface area contributed by atoms with Crippen molar-refractivity contribution in [1.29, 1.82) is 0 Å². The average Bonchev–Trinajstić information content (AvgIpc) is 2.84. The SMILES string of the molecule is C=NC(=C(C)\C(=N/C)NCCN(C)C)/C(=C\CCCC)C(=O)Nc1c(Cl)c(OC)c(Br)c(OC)c1Cl. The van der Waals surface area contributed by atoms with Crippen LogP contribution in [0.1, 0.15) is 33.1 Å². The third-order valence-corrected chi connectivity index (χ3v) is 6.67. The number of amidine groups is 1. The van der Waals surface area contributed by atoms with Crippen LogP contribution in [0.3, 0.4) is 0 Å². The predicted molar refractivity (Wildman–Crippen MR) is 156 cm³/mol. The van der Waals surface area contributed by atoms with Crippen molar-refractivity contribution in [2.75, 3.05) is 53.8 Å². The lowest BCUT2D eigenvalue weighted by atomic mass is 10.0. The molecule has 36 heavy (non-hydrogen) atoms. The number of likely N-dealkylation sites (N-methyl/N-ethyl adjacent to an activating group) is 1. The Balaban J connectivity index is 3.56. The molecule has 0 radical (unpaired) electrons. The van der Waals surface area contributed by atoms with Crippen LogP contribution in [-0.2, 0) is 4.79 Å². The van der Waals surface area contributed by atoms with Crippen molar-refractivity contribution < 1.29 is 14.3 Å². The highest BCUT2D eigenvalue weighted by Crippen LogP contribution is 2.50. The number of benzene rings is 1. The number of halogens is 3. The summed E-state index contributed by atoms with van der Waals surface area (Å²) in [4.78, 5) is 24.3. The van der Waals surface area contributed by atoms with Gasteiger partial charge in [0.1, 0.15) is 20.4 Å². The van der Waals surface area contributed by atoms with Gasteiger partial charge in [-0.15, -0.1) is 0 Å². The zero-order valence-corrected chi connectivity index (χ0v) is 25.1. The van der Waals surface area contributed by atoms with E-state index in [1.54, 1.807) is 7.05 Å². The minimum Gasteiger partial charge on any atom is -0.494 e. The summed E-state index contributed by atoms with van der Waals surface area (Å²) in [6, 6.07) is 0. The third kappa shape index (κ3) is 8.23. The summed E-state index contributed by atoms with van der Waals surface area (Å²) in [5.74, 6) is 0.733. The van der Waals surface area contributed by atoms with E-state index in [2.05, 4.69) is 55.1 Å². The van der Waals surface area contributed by atoms with Gasteiger partial charge in [0.2, 0.25) is 0 Å². The Hall–Kier alpha value is -2.07. The van der Waals surface area contributed by atoms with Crippen LogP contribution in [0.4, 0.5) is 5.69 Å². The van der Waals surface area contributed by atoms with Crippen LogP contribution in [0.5, 0.6) is 11.5 Å². The lowest BCUT2D eigenvalue weighted by molar-refractivity contribution is -0.112. The number of hydrogen-bond acceptors (Lipinski definition) is 6. The molecule has 1 rings (SSSR count). The van der Waals surface area contributed by atoms with E-state index in [-0.39, 0.29) is 27.2 Å². The highest BCUT2D eigenvalue weighted by atomic mass is 79.9. The van der Waals surface area contributed by atoms with Crippen molar-refractivity contribution in [1.82, 2.24) is 10.2 Å². The number of methoxy groups -OCH3 is 2. The first-order valence-corrected chi connectivity index (χ1v) is 13.0. The molecule has 1 aromatic carbocycles. The quantitative estimate of drug-likeness (QED) is 0.0950. The number of nitrogens with zero attached hydrogens (tertiary/aromatic N) is 3. The fraction of sp³-hybridized carbons (Fsp3) is 0.480. The normalized spacial score (nSPS) is 12.9. The fourth-order valence-electron chi connectivity index (χ4n) is 3.31. The molecule has 0 bridgehead atoms. The molecule has 0 aliphatic rings. The Morgan fingerprint density at radius 3 is 2.22 bits per heavy atom. The molecule has 8 nitrogen and oxygen atoms in total. The summed E-state index contributed by atoms with van der Waals surface area (Å²) in [5.41, 5.74) is 1.59. The van der Waals surface area contributed by atoms with Crippen molar-refractivity contribution in [3.05, 3.63) is 37.4 Å². The van der Waals surface area contributed by atoms with E-state index in [1.807, 2.05) is 27.1 Å². The highest BCUT2D eigenvalue weighted by Gasteiger charge is 2.26. The molecule has 0 heterocycles. The predicted octanol–water partition coefficient (Wildman–Crippen LogP) is 5.98. The van der Waals surface area contributed by atoms with E-state index in [1.165, 1.54) is 14.2 Å². The molecule has 0 atom stereocenters. The van der Waals surface area contributed by atoms with E-state index < -0.39 is 5.91 Å². The van der Waals surface area contributed by atoms with Gasteiger partial charge < -0.3 is 25.0 Å². The van der Waals surface area contributed by atoms with Crippen LogP contribution in [0, 0.1) is 0 Å². The summed E-state index contributed by atoms with van der Waals surface area (Å²) in [6.45, 7) is 9.14. The first-order chi connectivity index (χ1) is 17.1. The Bertz CT molecular complexity index is 1010. The molecule has 0 spiro atoms. The van der Waals surface area contributed by atoms with Crippen molar-refractivity contribution in [2.45, 2.75) is 33.1 Å². The number of anilines is 1. The smallest absolute Gasteiger partial charge is 0.257 e. The number of hydrogen-bond donors (Lipinski definition) is 2. The van der Waals surface area contributed by atoms with E-state index in [0.717, 1.165) is 19.4 Å². The largest absolute Gasteiger partial charge is 0.494 e. The van der Waals surface area contributed by atoms with E-state index >= 15 is 0 Å². The zero-order valence-electron chi connectivity index (χ0n) is 22.0. The summed E-state index contributed by atoms with van der Waals surface area (Å²) in [6.07, 6.45) is 4.39. The first-order valence-electron chi connectivity index (χ1n) is 11.4. The Kier molecular flexibility index (Phi) is 14.1. The van der Waals surface area contributed by atoms with Gasteiger partial charge in [-0.3, -0.25) is 14.8 Å². The van der Waals surface area contributed by atoms with Crippen molar-refractivity contribution >= 4 is 63.3 Å². The molecule has 0 aromatic heterocycles. The Labute approximate surface area is 232 Å². The molecular weight excluding hydrogens is 569 g/mol. The molecule has 200 valence electrons. The molecular formula is C25H36BrCl2N5O3. The van der Waals surface area contributed by atoms with Gasteiger partial charge in [0.25, 0.3) is 5.91 Å². The topological polar surface area (TPSA) is 87.6 Å². The van der Waals surface area contributed by atoms with Gasteiger partial charge in [-0.05, 0) is 50.1 Å². The van der Waals surface area contributed by atoms with Crippen LogP contribution >= 0.6 is 39.1 Å². The third-order valence-electron chi connectivity index (χ3n) is 5.23. The second-order valence-electron chi connectivity index (χ2n) is 8.03. The van der Waals surface area contributed by atoms with Gasteiger partial charge in [0.05, 0.1) is 31.2 Å². The zero-order chi connectivity index (χ0) is 27.4. The molecule has 0 saturated carbocycles. The summed E-state index contributed by atoms with van der Waals surface area (Å²) in [7, 11) is 8.59. The standard InChI is InChI=1S/C25H36BrCl2N5O3/c1-9-10-11-12-16(20(29-3)15(2)24(30-4)31-13-14-33(5)6)25(34)32-21-18(27)22(35-7)17(26)23(36-8)19(21)28/h12H,3,9-11,13-14H2,1-2,4-8H3,(H,30,31)(H,32,34)/b16-12+,20-15-. The molecule has 0 aliphatic carbocycles. The summed E-state index contributed by atoms with van der Waals surface area (Å²) < 4.78 is 11.2. The number of nitrogens with one attached hydrogen (secondary N) is 2. The molecule has 2 N–H and O–H groups in total. The number of ether oxygens (including phenoxy) is 2. The second-order valence-corrected chi connectivity index (χ2v) is 9.58.